The van der Waals surface area contributed by atoms with E-state index in [1.54, 1.807) is 0 Å². The molecule has 12 heavy (non-hydrogen) atoms. The Hall–Kier alpha value is -0.260. The Morgan fingerprint density at radius 1 is 1.25 bits per heavy atom. The molecule has 0 aliphatic heterocycles. The molecule has 72 valence electrons. The van der Waals surface area contributed by atoms with Crippen LogP contribution in [0.25, 0.3) is 0 Å². The molecule has 0 aliphatic carbocycles. The van der Waals surface area contributed by atoms with E-state index in [0.717, 1.165) is 12.3 Å². The lowest BCUT2D eigenvalue weighted by Gasteiger charge is -2.33. The van der Waals surface area contributed by atoms with Crippen molar-refractivity contribution >= 4 is 0 Å². The van der Waals surface area contributed by atoms with Gasteiger partial charge in [-0.15, -0.1) is 6.58 Å². The maximum absolute atomic E-state index is 3.77. The van der Waals surface area contributed by atoms with Gasteiger partial charge in [-0.2, -0.15) is 0 Å². The highest BCUT2D eigenvalue weighted by molar-refractivity contribution is 4.80. The van der Waals surface area contributed by atoms with Gasteiger partial charge >= 0.3 is 0 Å². The van der Waals surface area contributed by atoms with Crippen LogP contribution in [0.15, 0.2) is 12.7 Å². The summed E-state index contributed by atoms with van der Waals surface area (Å²) in [7, 11) is 0. The molecule has 0 unspecified atom stereocenters. The van der Waals surface area contributed by atoms with Gasteiger partial charge in [0, 0.05) is 0 Å². The smallest absolute Gasteiger partial charge is 0.0323 e. The first-order valence-electron chi connectivity index (χ1n) is 5.19. The molecule has 0 saturated carbocycles. The lowest BCUT2D eigenvalue weighted by atomic mass is 9.73. The van der Waals surface area contributed by atoms with Gasteiger partial charge in [0.2, 0.25) is 0 Å². The highest BCUT2D eigenvalue weighted by Crippen LogP contribution is 2.36. The fourth-order valence-electron chi connectivity index (χ4n) is 2.07. The molecule has 0 saturated heterocycles. The molecule has 0 atom stereocenters. The largest absolute Gasteiger partial charge is 0.103 e. The lowest BCUT2D eigenvalue weighted by Crippen LogP contribution is -2.22. The molecule has 0 bridgehead atoms. The summed E-state index contributed by atoms with van der Waals surface area (Å²) in [5.74, 6) is 0.873. The van der Waals surface area contributed by atoms with Gasteiger partial charge in [-0.25, -0.2) is 0 Å². The van der Waals surface area contributed by atoms with E-state index in [1.807, 2.05) is 6.08 Å². The Labute approximate surface area is 78.1 Å². The van der Waals surface area contributed by atoms with Gasteiger partial charge in [-0.3, -0.25) is 0 Å². The van der Waals surface area contributed by atoms with Crippen LogP contribution in [0.3, 0.4) is 0 Å². The Morgan fingerprint density at radius 3 is 2.08 bits per heavy atom. The van der Waals surface area contributed by atoms with Gasteiger partial charge in [0.05, 0.1) is 0 Å². The summed E-state index contributed by atoms with van der Waals surface area (Å²) in [6.45, 7) is 13.1. The van der Waals surface area contributed by atoms with Crippen molar-refractivity contribution < 1.29 is 0 Å². The standard InChI is InChI=1S/C12H24/c1-6-9-10-12(4,5)11(7-2)8-3/h6,11H,1,7-10H2,2-5H3. The van der Waals surface area contributed by atoms with E-state index in [9.17, 15) is 0 Å². The molecular weight excluding hydrogens is 144 g/mol. The quantitative estimate of drug-likeness (QED) is 0.515. The van der Waals surface area contributed by atoms with Gasteiger partial charge in [-0.05, 0) is 24.2 Å². The third-order valence-corrected chi connectivity index (χ3v) is 3.08. The van der Waals surface area contributed by atoms with Crippen LogP contribution in [0.5, 0.6) is 0 Å². The Bertz CT molecular complexity index is 118. The summed E-state index contributed by atoms with van der Waals surface area (Å²) in [4.78, 5) is 0. The highest BCUT2D eigenvalue weighted by atomic mass is 14.3. The molecule has 0 spiro atoms. The second-order valence-corrected chi connectivity index (χ2v) is 4.33. The van der Waals surface area contributed by atoms with E-state index in [-0.39, 0.29) is 0 Å². The molecule has 0 aromatic rings. The fourth-order valence-corrected chi connectivity index (χ4v) is 2.07. The molecule has 0 amide bonds. The molecule has 0 N–H and O–H groups in total. The van der Waals surface area contributed by atoms with E-state index in [0.29, 0.717) is 5.41 Å². The molecule has 0 aromatic carbocycles. The topological polar surface area (TPSA) is 0 Å². The van der Waals surface area contributed by atoms with Crippen molar-refractivity contribution in [3.63, 3.8) is 0 Å². The van der Waals surface area contributed by atoms with Crippen molar-refractivity contribution in [1.29, 1.82) is 0 Å². The summed E-state index contributed by atoms with van der Waals surface area (Å²) >= 11 is 0. The summed E-state index contributed by atoms with van der Waals surface area (Å²) in [5, 5.41) is 0. The Morgan fingerprint density at radius 2 is 1.75 bits per heavy atom. The summed E-state index contributed by atoms with van der Waals surface area (Å²) in [5.41, 5.74) is 0.498. The van der Waals surface area contributed by atoms with Crippen LogP contribution >= 0.6 is 0 Å². The maximum Gasteiger partial charge on any atom is -0.0323 e. The average molecular weight is 168 g/mol. The number of hydrogen-bond acceptors (Lipinski definition) is 0. The minimum atomic E-state index is 0.498. The maximum atomic E-state index is 3.77. The molecule has 0 heterocycles. The zero-order valence-corrected chi connectivity index (χ0v) is 9.19. The Kier molecular flexibility index (Phi) is 5.28. The fraction of sp³-hybridized carbons (Fsp3) is 0.833. The summed E-state index contributed by atoms with van der Waals surface area (Å²) < 4.78 is 0. The van der Waals surface area contributed by atoms with Crippen molar-refractivity contribution in [3.05, 3.63) is 12.7 Å². The van der Waals surface area contributed by atoms with Gasteiger partial charge in [0.25, 0.3) is 0 Å². The average Bonchev–Trinajstić information content (AvgIpc) is 2.03. The van der Waals surface area contributed by atoms with Crippen LogP contribution in [0.1, 0.15) is 53.4 Å². The van der Waals surface area contributed by atoms with Gasteiger partial charge in [-0.1, -0.05) is 46.6 Å². The first-order chi connectivity index (χ1) is 5.58. The zero-order chi connectivity index (χ0) is 9.61. The first-order valence-corrected chi connectivity index (χ1v) is 5.19. The van der Waals surface area contributed by atoms with Crippen LogP contribution in [-0.2, 0) is 0 Å². The van der Waals surface area contributed by atoms with Crippen LogP contribution in [-0.4, -0.2) is 0 Å². The molecule has 0 nitrogen and oxygen atoms in total. The van der Waals surface area contributed by atoms with Crippen LogP contribution in [0.2, 0.25) is 0 Å². The lowest BCUT2D eigenvalue weighted by molar-refractivity contribution is 0.184. The molecule has 0 aliphatic rings. The molecule has 0 rings (SSSR count). The summed E-state index contributed by atoms with van der Waals surface area (Å²) in [6.07, 6.45) is 7.08. The van der Waals surface area contributed by atoms with E-state index in [2.05, 4.69) is 34.3 Å². The molecule has 0 radical (unpaired) electrons. The van der Waals surface area contributed by atoms with Crippen LogP contribution < -0.4 is 0 Å². The normalized spacial score (nSPS) is 12.1. The number of allylic oxidation sites excluding steroid dienone is 1. The molecule has 0 heteroatoms. The van der Waals surface area contributed by atoms with E-state index < -0.39 is 0 Å². The van der Waals surface area contributed by atoms with E-state index >= 15 is 0 Å². The Balaban J connectivity index is 4.04. The second kappa shape index (κ2) is 5.40. The van der Waals surface area contributed by atoms with Crippen molar-refractivity contribution in [2.45, 2.75) is 53.4 Å². The van der Waals surface area contributed by atoms with Crippen LogP contribution in [0, 0.1) is 11.3 Å². The predicted octanol–water partition coefficient (Wildman–Crippen LogP) is 4.42. The third-order valence-electron chi connectivity index (χ3n) is 3.08. The SMILES string of the molecule is C=CCCC(C)(C)C(CC)CC. The van der Waals surface area contributed by atoms with Gasteiger partial charge < -0.3 is 0 Å². The first kappa shape index (κ1) is 11.7. The van der Waals surface area contributed by atoms with E-state index in [1.165, 1.54) is 19.3 Å². The van der Waals surface area contributed by atoms with E-state index in [4.69, 9.17) is 0 Å². The van der Waals surface area contributed by atoms with Crippen molar-refractivity contribution in [2.24, 2.45) is 11.3 Å². The van der Waals surface area contributed by atoms with Crippen molar-refractivity contribution in [2.75, 3.05) is 0 Å². The minimum absolute atomic E-state index is 0.498. The third kappa shape index (κ3) is 3.42. The van der Waals surface area contributed by atoms with Crippen molar-refractivity contribution in [1.82, 2.24) is 0 Å². The molecular formula is C12H24. The number of rotatable bonds is 6. The predicted molar refractivity (Wildman–Crippen MR) is 57.3 cm³/mol. The highest BCUT2D eigenvalue weighted by Gasteiger charge is 2.25. The van der Waals surface area contributed by atoms with Gasteiger partial charge in [0.15, 0.2) is 0 Å². The van der Waals surface area contributed by atoms with Crippen LogP contribution in [0.4, 0.5) is 0 Å². The number of hydrogen-bond donors (Lipinski definition) is 0. The monoisotopic (exact) mass is 168 g/mol. The summed E-state index contributed by atoms with van der Waals surface area (Å²) in [6, 6.07) is 0. The van der Waals surface area contributed by atoms with Crippen molar-refractivity contribution in [3.8, 4) is 0 Å². The zero-order valence-electron chi connectivity index (χ0n) is 9.19. The second-order valence-electron chi connectivity index (χ2n) is 4.33. The molecule has 0 fully saturated rings. The van der Waals surface area contributed by atoms with Gasteiger partial charge in [0.1, 0.15) is 0 Å². The minimum Gasteiger partial charge on any atom is -0.103 e. The molecule has 0 aromatic heterocycles.